The van der Waals surface area contributed by atoms with Crippen LogP contribution in [0, 0.1) is 0 Å². The van der Waals surface area contributed by atoms with E-state index >= 15 is 0 Å². The van der Waals surface area contributed by atoms with E-state index in [1.165, 1.54) is 161 Å². The first-order valence-electron chi connectivity index (χ1n) is 32.8. The fourth-order valence-corrected chi connectivity index (χ4v) is 9.13. The van der Waals surface area contributed by atoms with Gasteiger partial charge in [0.05, 0.1) is 34.4 Å². The van der Waals surface area contributed by atoms with Gasteiger partial charge < -0.3 is 28.5 Å². The highest BCUT2D eigenvalue weighted by Crippen LogP contribution is 2.17. The van der Waals surface area contributed by atoms with Gasteiger partial charge in [0.25, 0.3) is 6.29 Å². The van der Waals surface area contributed by atoms with Crippen LogP contribution < -0.4 is 0 Å². The van der Waals surface area contributed by atoms with Gasteiger partial charge in [-0.05, 0) is 89.9 Å². The number of hydrogen-bond donors (Lipinski definition) is 1. The number of carboxylic acids is 1. The molecule has 0 aromatic rings. The van der Waals surface area contributed by atoms with Crippen molar-refractivity contribution in [3.8, 4) is 0 Å². The Bertz CT molecular complexity index is 1570. The summed E-state index contributed by atoms with van der Waals surface area (Å²) in [6.07, 6.45) is 78.5. The quantitative estimate of drug-likeness (QED) is 0.0211. The van der Waals surface area contributed by atoms with Gasteiger partial charge in [-0.25, -0.2) is 4.79 Å². The predicted molar refractivity (Wildman–Crippen MR) is 336 cm³/mol. The highest BCUT2D eigenvalue weighted by molar-refractivity contribution is 5.71. The van der Waals surface area contributed by atoms with Crippen molar-refractivity contribution in [2.45, 2.75) is 296 Å². The highest BCUT2D eigenvalue weighted by Gasteiger charge is 2.25. The number of hydrogen-bond acceptors (Lipinski definition) is 7. The summed E-state index contributed by atoms with van der Waals surface area (Å²) in [7, 11) is 5.97. The van der Waals surface area contributed by atoms with Crippen LogP contribution in [0.1, 0.15) is 284 Å². The maximum atomic E-state index is 12.9. The van der Waals surface area contributed by atoms with Crippen molar-refractivity contribution in [1.82, 2.24) is 0 Å². The molecule has 0 saturated carbocycles. The number of allylic oxidation sites excluding steroid dienone is 14. The zero-order valence-corrected chi connectivity index (χ0v) is 52.0. The standard InChI is InChI=1S/C70H123NO8/c1-6-8-10-12-14-16-18-20-21-22-23-24-25-26-27-28-29-30-31-32-33-34-35-36-37-38-39-40-41-42-43-44-45-46-47-49-51-53-55-57-59-61-68(73)79-66(65-78-70(69(74)75)76-63-62-71(3,4)5)64-77-67(72)60-58-56-54-52-50-48-19-17-15-13-11-9-7-2/h8,10,14,16-17,19-21,23-24,26-27,29-30,66,70H,6-7,9,11-13,15,18,22,25,28,31-65H2,1-5H3/p+1/b10-8-,16-14-,19-17-,21-20-,24-23-,27-26-,30-29-. The number of likely N-dealkylation sites (N-methyl/N-ethyl adjacent to an activating group) is 1. The molecular weight excluding hydrogens is 983 g/mol. The van der Waals surface area contributed by atoms with Gasteiger partial charge in [-0.1, -0.05) is 266 Å². The van der Waals surface area contributed by atoms with Crippen LogP contribution in [-0.4, -0.2) is 87.4 Å². The van der Waals surface area contributed by atoms with Gasteiger partial charge >= 0.3 is 17.9 Å². The topological polar surface area (TPSA) is 108 Å². The molecule has 0 aliphatic heterocycles. The SMILES string of the molecule is CC/C=C\C/C=C\C/C=C\C/C=C\C/C=C\C/C=C\CCCCCCCCCCCCCCCCCCCCCCCCC(=O)OC(COC(=O)CCCCCCC/C=C\CCCCCC)COC(OCC[N+](C)(C)C)C(=O)O. The number of aliphatic carboxylic acids is 1. The number of quaternary nitrogens is 1. The summed E-state index contributed by atoms with van der Waals surface area (Å²) in [6.45, 7) is 4.75. The first kappa shape index (κ1) is 75.5. The number of carboxylic acid groups (broad SMARTS) is 1. The van der Waals surface area contributed by atoms with Crippen LogP contribution in [0.15, 0.2) is 85.1 Å². The minimum atomic E-state index is -1.51. The van der Waals surface area contributed by atoms with Crippen molar-refractivity contribution in [2.24, 2.45) is 0 Å². The lowest BCUT2D eigenvalue weighted by Crippen LogP contribution is -2.40. The Morgan fingerprint density at radius 1 is 0.392 bits per heavy atom. The van der Waals surface area contributed by atoms with Crippen LogP contribution in [-0.2, 0) is 33.3 Å². The first-order chi connectivity index (χ1) is 38.6. The molecule has 0 bridgehead atoms. The minimum Gasteiger partial charge on any atom is -0.477 e. The van der Waals surface area contributed by atoms with Crippen molar-refractivity contribution < 1.29 is 42.9 Å². The molecule has 456 valence electrons. The van der Waals surface area contributed by atoms with Gasteiger partial charge in [0, 0.05) is 12.8 Å². The normalized spacial score (nSPS) is 13.3. The molecule has 0 amide bonds. The van der Waals surface area contributed by atoms with E-state index in [1.54, 1.807) is 0 Å². The third-order valence-electron chi connectivity index (χ3n) is 14.1. The monoisotopic (exact) mass is 1110 g/mol. The summed E-state index contributed by atoms with van der Waals surface area (Å²) in [5, 5.41) is 9.70. The molecule has 0 spiro atoms. The number of nitrogens with zero attached hydrogens (tertiary/aromatic N) is 1. The summed E-state index contributed by atoms with van der Waals surface area (Å²) in [4.78, 5) is 37.4. The summed E-state index contributed by atoms with van der Waals surface area (Å²) in [6, 6.07) is 0. The van der Waals surface area contributed by atoms with Crippen molar-refractivity contribution >= 4 is 17.9 Å². The Hall–Kier alpha value is -3.53. The molecule has 0 radical (unpaired) electrons. The van der Waals surface area contributed by atoms with E-state index in [9.17, 15) is 19.5 Å². The minimum absolute atomic E-state index is 0.185. The zero-order valence-electron chi connectivity index (χ0n) is 52.0. The van der Waals surface area contributed by atoms with Gasteiger partial charge in [0.1, 0.15) is 13.2 Å². The smallest absolute Gasteiger partial charge is 0.361 e. The van der Waals surface area contributed by atoms with Gasteiger partial charge in [0.15, 0.2) is 6.10 Å². The van der Waals surface area contributed by atoms with Gasteiger partial charge in [-0.2, -0.15) is 0 Å². The summed E-state index contributed by atoms with van der Waals surface area (Å²) in [5.41, 5.74) is 0. The van der Waals surface area contributed by atoms with Crippen molar-refractivity contribution in [3.05, 3.63) is 85.1 Å². The third-order valence-corrected chi connectivity index (χ3v) is 14.1. The fourth-order valence-electron chi connectivity index (χ4n) is 9.13. The van der Waals surface area contributed by atoms with E-state index in [-0.39, 0.29) is 32.2 Å². The van der Waals surface area contributed by atoms with E-state index in [2.05, 4.69) is 98.9 Å². The number of ether oxygens (including phenoxy) is 4. The molecule has 0 aliphatic rings. The third kappa shape index (κ3) is 61.9. The molecular formula is C70H124NO8+. The molecule has 0 aromatic heterocycles. The van der Waals surface area contributed by atoms with Crippen molar-refractivity contribution in [1.29, 1.82) is 0 Å². The molecule has 0 fully saturated rings. The molecule has 0 aliphatic carbocycles. The average Bonchev–Trinajstić information content (AvgIpc) is 3.42. The number of rotatable bonds is 60. The largest absolute Gasteiger partial charge is 0.477 e. The number of carbonyl (C=O) groups is 3. The molecule has 0 heterocycles. The molecule has 1 N–H and O–H groups in total. The van der Waals surface area contributed by atoms with E-state index in [0.29, 0.717) is 17.4 Å². The van der Waals surface area contributed by atoms with Crippen LogP contribution >= 0.6 is 0 Å². The molecule has 0 rings (SSSR count). The van der Waals surface area contributed by atoms with E-state index in [4.69, 9.17) is 18.9 Å². The van der Waals surface area contributed by atoms with Gasteiger partial charge in [-0.3, -0.25) is 9.59 Å². The van der Waals surface area contributed by atoms with E-state index in [1.807, 2.05) is 21.1 Å². The Balaban J connectivity index is 3.95. The number of esters is 2. The first-order valence-corrected chi connectivity index (χ1v) is 32.8. The molecule has 79 heavy (non-hydrogen) atoms. The lowest BCUT2D eigenvalue weighted by Gasteiger charge is -2.25. The zero-order chi connectivity index (χ0) is 57.6. The van der Waals surface area contributed by atoms with Crippen molar-refractivity contribution in [3.63, 3.8) is 0 Å². The highest BCUT2D eigenvalue weighted by atomic mass is 16.7. The van der Waals surface area contributed by atoms with E-state index in [0.717, 1.165) is 96.3 Å². The lowest BCUT2D eigenvalue weighted by molar-refractivity contribution is -0.870. The second kappa shape index (κ2) is 60.6. The van der Waals surface area contributed by atoms with Crippen LogP contribution in [0.5, 0.6) is 0 Å². The molecule has 9 heteroatoms. The second-order valence-electron chi connectivity index (χ2n) is 23.0. The summed E-state index contributed by atoms with van der Waals surface area (Å²) >= 11 is 0. The number of unbranched alkanes of at least 4 members (excludes halogenated alkanes) is 31. The molecule has 0 saturated heterocycles. The van der Waals surface area contributed by atoms with Crippen LogP contribution in [0.2, 0.25) is 0 Å². The Morgan fingerprint density at radius 2 is 0.722 bits per heavy atom. The van der Waals surface area contributed by atoms with Crippen molar-refractivity contribution in [2.75, 3.05) is 47.5 Å². The average molecular weight is 1110 g/mol. The van der Waals surface area contributed by atoms with Gasteiger partial charge in [0.2, 0.25) is 0 Å². The Morgan fingerprint density at radius 3 is 1.09 bits per heavy atom. The Labute approximate surface area is 487 Å². The molecule has 2 atom stereocenters. The lowest BCUT2D eigenvalue weighted by atomic mass is 10.0. The summed E-state index contributed by atoms with van der Waals surface area (Å²) < 4.78 is 22.9. The second-order valence-corrected chi connectivity index (χ2v) is 23.0. The predicted octanol–water partition coefficient (Wildman–Crippen LogP) is 19.9. The molecule has 2 unspecified atom stereocenters. The molecule has 0 aromatic carbocycles. The van der Waals surface area contributed by atoms with Crippen LogP contribution in [0.4, 0.5) is 0 Å². The summed E-state index contributed by atoms with van der Waals surface area (Å²) in [5.74, 6) is -2.01. The molecule has 9 nitrogen and oxygen atoms in total. The number of carbonyl (C=O) groups excluding carboxylic acids is 2. The van der Waals surface area contributed by atoms with Gasteiger partial charge in [-0.15, -0.1) is 0 Å². The fraction of sp³-hybridized carbons (Fsp3) is 0.757. The van der Waals surface area contributed by atoms with E-state index < -0.39 is 24.3 Å². The van der Waals surface area contributed by atoms with Crippen LogP contribution in [0.25, 0.3) is 0 Å². The maximum Gasteiger partial charge on any atom is 0.361 e. The van der Waals surface area contributed by atoms with Crippen LogP contribution in [0.3, 0.4) is 0 Å². The maximum absolute atomic E-state index is 12.9. The Kier molecular flexibility index (Phi) is 57.9.